The minimum atomic E-state index is -1.00. The molecule has 0 bridgehead atoms. The predicted octanol–water partition coefficient (Wildman–Crippen LogP) is 3.86. The zero-order valence-corrected chi connectivity index (χ0v) is 13.4. The number of hydrogen-bond donors (Lipinski definition) is 1. The number of ether oxygens (including phenoxy) is 1. The third-order valence-electron chi connectivity index (χ3n) is 3.38. The van der Waals surface area contributed by atoms with Crippen LogP contribution in [0, 0.1) is 6.92 Å². The Labute approximate surface area is 134 Å². The minimum absolute atomic E-state index is 0.221. The van der Waals surface area contributed by atoms with E-state index < -0.39 is 11.0 Å². The highest BCUT2D eigenvalue weighted by molar-refractivity contribution is 6.83. The Hall–Kier alpha value is -1.91. The summed E-state index contributed by atoms with van der Waals surface area (Å²) in [4.78, 5) is 26.3. The number of aryl methyl sites for hydroxylation is 1. The number of carbonyl (C=O) groups excluding carboxylic acids is 2. The molecular formula is C17H18ClNO3. The van der Waals surface area contributed by atoms with Gasteiger partial charge in [-0.15, -0.1) is 0 Å². The highest BCUT2D eigenvalue weighted by Crippen LogP contribution is 2.31. The number of aromatic amines is 1. The highest BCUT2D eigenvalue weighted by Gasteiger charge is 2.25. The van der Waals surface area contributed by atoms with Crippen LogP contribution in [0.25, 0.3) is 11.1 Å². The molecule has 0 amide bonds. The number of carbonyl (C=O) groups is 2. The summed E-state index contributed by atoms with van der Waals surface area (Å²) >= 11 is 5.37. The summed E-state index contributed by atoms with van der Waals surface area (Å²) in [5.41, 5.74) is 3.44. The average Bonchev–Trinajstić information content (AvgIpc) is 2.84. The quantitative estimate of drug-likeness (QED) is 0.365. The Morgan fingerprint density at radius 1 is 1.23 bits per heavy atom. The lowest BCUT2D eigenvalue weighted by Crippen LogP contribution is -2.09. The molecule has 1 aromatic heterocycles. The molecular weight excluding hydrogens is 302 g/mol. The van der Waals surface area contributed by atoms with Crippen LogP contribution >= 0.6 is 11.6 Å². The van der Waals surface area contributed by atoms with Gasteiger partial charge < -0.3 is 9.72 Å². The molecule has 0 saturated heterocycles. The number of ketones is 1. The topological polar surface area (TPSA) is 59.2 Å². The molecule has 0 radical (unpaired) electrons. The van der Waals surface area contributed by atoms with Crippen LogP contribution in [-0.2, 0) is 16.1 Å². The Balaban J connectivity index is 2.53. The van der Waals surface area contributed by atoms with Crippen LogP contribution < -0.4 is 0 Å². The summed E-state index contributed by atoms with van der Waals surface area (Å²) in [6.45, 7) is 4.90. The molecule has 1 N–H and O–H groups in total. The number of hydrogen-bond acceptors (Lipinski definition) is 3. The van der Waals surface area contributed by atoms with Crippen molar-refractivity contribution in [3.05, 3.63) is 47.3 Å². The Morgan fingerprint density at radius 2 is 1.91 bits per heavy atom. The van der Waals surface area contributed by atoms with Crippen LogP contribution in [-0.4, -0.2) is 22.6 Å². The maximum Gasteiger partial charge on any atom is 0.294 e. The van der Waals surface area contributed by atoms with Gasteiger partial charge in [0.15, 0.2) is 0 Å². The van der Waals surface area contributed by atoms with Crippen LogP contribution in [0.3, 0.4) is 0 Å². The molecule has 0 unspecified atom stereocenters. The van der Waals surface area contributed by atoms with E-state index in [9.17, 15) is 9.59 Å². The summed E-state index contributed by atoms with van der Waals surface area (Å²) in [7, 11) is 0. The van der Waals surface area contributed by atoms with Crippen molar-refractivity contribution in [2.24, 2.45) is 0 Å². The number of benzene rings is 1. The largest absolute Gasteiger partial charge is 0.377 e. The van der Waals surface area contributed by atoms with E-state index >= 15 is 0 Å². The normalized spacial score (nSPS) is 10.7. The first-order valence-electron chi connectivity index (χ1n) is 7.15. The smallest absolute Gasteiger partial charge is 0.294 e. The first-order chi connectivity index (χ1) is 10.6. The SMILES string of the molecule is CCCOCc1c(C)[nH]c(C(=O)C(=O)Cl)c1-c1ccccc1. The van der Waals surface area contributed by atoms with E-state index in [1.54, 1.807) is 0 Å². The minimum Gasteiger partial charge on any atom is -0.377 e. The van der Waals surface area contributed by atoms with Gasteiger partial charge in [-0.1, -0.05) is 37.3 Å². The number of aromatic nitrogens is 1. The Morgan fingerprint density at radius 3 is 2.50 bits per heavy atom. The summed E-state index contributed by atoms with van der Waals surface area (Å²) in [6, 6.07) is 9.43. The summed E-state index contributed by atoms with van der Waals surface area (Å²) in [5, 5.41) is -1.00. The zero-order valence-electron chi connectivity index (χ0n) is 12.6. The fraction of sp³-hybridized carbons (Fsp3) is 0.294. The molecule has 0 aliphatic carbocycles. The third-order valence-corrected chi connectivity index (χ3v) is 3.55. The van der Waals surface area contributed by atoms with Gasteiger partial charge in [0.2, 0.25) is 0 Å². The van der Waals surface area contributed by atoms with Crippen molar-refractivity contribution in [2.45, 2.75) is 26.9 Å². The third kappa shape index (κ3) is 3.46. The molecule has 0 aliphatic heterocycles. The number of nitrogens with one attached hydrogen (secondary N) is 1. The molecule has 116 valence electrons. The lowest BCUT2D eigenvalue weighted by molar-refractivity contribution is -0.108. The van der Waals surface area contributed by atoms with Crippen LogP contribution in [0.15, 0.2) is 30.3 Å². The van der Waals surface area contributed by atoms with Gasteiger partial charge in [-0.3, -0.25) is 9.59 Å². The van der Waals surface area contributed by atoms with Crippen LogP contribution in [0.5, 0.6) is 0 Å². The molecule has 22 heavy (non-hydrogen) atoms. The van der Waals surface area contributed by atoms with Crippen molar-refractivity contribution in [1.82, 2.24) is 4.98 Å². The van der Waals surface area contributed by atoms with E-state index in [0.29, 0.717) is 18.8 Å². The number of rotatable bonds is 7. The molecule has 0 atom stereocenters. The van der Waals surface area contributed by atoms with Crippen molar-refractivity contribution in [1.29, 1.82) is 0 Å². The predicted molar refractivity (Wildman–Crippen MR) is 86.1 cm³/mol. The van der Waals surface area contributed by atoms with Crippen LogP contribution in [0.2, 0.25) is 0 Å². The molecule has 0 aliphatic rings. The van der Waals surface area contributed by atoms with Crippen molar-refractivity contribution in [2.75, 3.05) is 6.61 Å². The number of halogens is 1. The molecule has 1 aromatic carbocycles. The molecule has 5 heteroatoms. The van der Waals surface area contributed by atoms with Gasteiger partial charge >= 0.3 is 0 Å². The van der Waals surface area contributed by atoms with Crippen molar-refractivity contribution in [3.63, 3.8) is 0 Å². The van der Waals surface area contributed by atoms with Gasteiger partial charge in [0.05, 0.1) is 12.3 Å². The van der Waals surface area contributed by atoms with E-state index in [1.165, 1.54) is 0 Å². The Kier molecular flexibility index (Phi) is 5.52. The second kappa shape index (κ2) is 7.38. The van der Waals surface area contributed by atoms with Gasteiger partial charge in [0.25, 0.3) is 11.0 Å². The second-order valence-electron chi connectivity index (χ2n) is 5.00. The van der Waals surface area contributed by atoms with Crippen LogP contribution in [0.1, 0.15) is 35.1 Å². The fourth-order valence-corrected chi connectivity index (χ4v) is 2.45. The standard InChI is InChI=1S/C17H18ClNO3/c1-3-9-22-10-13-11(2)19-15(16(20)17(18)21)14(13)12-7-5-4-6-8-12/h4-8,19H,3,9-10H2,1-2H3. The van der Waals surface area contributed by atoms with Crippen molar-refractivity contribution in [3.8, 4) is 11.1 Å². The molecule has 0 saturated carbocycles. The van der Waals surface area contributed by atoms with Crippen LogP contribution in [0.4, 0.5) is 0 Å². The molecule has 2 aromatic rings. The van der Waals surface area contributed by atoms with E-state index in [4.69, 9.17) is 16.3 Å². The van der Waals surface area contributed by atoms with Gasteiger partial charge in [-0.05, 0) is 30.5 Å². The summed E-state index contributed by atoms with van der Waals surface area (Å²) < 4.78 is 5.62. The van der Waals surface area contributed by atoms with E-state index in [2.05, 4.69) is 4.98 Å². The Bertz CT molecular complexity index is 677. The molecule has 0 fully saturated rings. The van der Waals surface area contributed by atoms with E-state index in [-0.39, 0.29) is 5.69 Å². The molecule has 4 nitrogen and oxygen atoms in total. The maximum absolute atomic E-state index is 12.1. The highest BCUT2D eigenvalue weighted by atomic mass is 35.5. The van der Waals surface area contributed by atoms with Gasteiger partial charge in [-0.25, -0.2) is 0 Å². The summed E-state index contributed by atoms with van der Waals surface area (Å²) in [5.74, 6) is -0.731. The lowest BCUT2D eigenvalue weighted by Gasteiger charge is -2.08. The monoisotopic (exact) mass is 319 g/mol. The molecule has 0 spiro atoms. The summed E-state index contributed by atoms with van der Waals surface area (Å²) in [6.07, 6.45) is 0.913. The number of Topliss-reactive ketones (excluding diaryl/α,β-unsaturated/α-hetero) is 1. The second-order valence-corrected chi connectivity index (χ2v) is 5.34. The maximum atomic E-state index is 12.1. The lowest BCUT2D eigenvalue weighted by atomic mass is 9.99. The van der Waals surface area contributed by atoms with Crippen molar-refractivity contribution >= 4 is 22.6 Å². The van der Waals surface area contributed by atoms with E-state index in [0.717, 1.165) is 23.2 Å². The van der Waals surface area contributed by atoms with Gasteiger partial charge in [0.1, 0.15) is 0 Å². The van der Waals surface area contributed by atoms with E-state index in [1.807, 2.05) is 44.2 Å². The first kappa shape index (κ1) is 16.5. The first-order valence-corrected chi connectivity index (χ1v) is 7.52. The van der Waals surface area contributed by atoms with Gasteiger partial charge in [-0.2, -0.15) is 0 Å². The van der Waals surface area contributed by atoms with Gasteiger partial charge in [0, 0.05) is 23.4 Å². The average molecular weight is 320 g/mol. The fourth-order valence-electron chi connectivity index (χ4n) is 2.35. The number of H-pyrrole nitrogens is 1. The molecule has 1 heterocycles. The zero-order chi connectivity index (χ0) is 16.1. The molecule has 2 rings (SSSR count). The van der Waals surface area contributed by atoms with Crippen molar-refractivity contribution < 1.29 is 14.3 Å².